The van der Waals surface area contributed by atoms with Gasteiger partial charge in [-0.1, -0.05) is 0 Å². The van der Waals surface area contributed by atoms with Gasteiger partial charge in [0.1, 0.15) is 0 Å². The Labute approximate surface area is 117 Å². The monoisotopic (exact) mass is 302 g/mol. The lowest BCUT2D eigenvalue weighted by molar-refractivity contribution is -0.142. The Kier molecular flexibility index (Phi) is 3.56. The van der Waals surface area contributed by atoms with Crippen molar-refractivity contribution in [3.8, 4) is 0 Å². The van der Waals surface area contributed by atoms with Gasteiger partial charge in [0.15, 0.2) is 0 Å². The number of benzene rings is 1. The lowest BCUT2D eigenvalue weighted by Crippen LogP contribution is -2.25. The molecule has 1 fully saturated rings. The van der Waals surface area contributed by atoms with Crippen molar-refractivity contribution in [3.63, 3.8) is 0 Å². The molecule has 1 aliphatic rings. The van der Waals surface area contributed by atoms with Gasteiger partial charge in [-0.2, -0.15) is 13.2 Å². The number of hydrogen-bond donors (Lipinski definition) is 3. The minimum atomic E-state index is -4.72. The molecule has 114 valence electrons. The summed E-state index contributed by atoms with van der Waals surface area (Å²) in [6, 6.07) is 3.01. The molecule has 1 aliphatic carbocycles. The fourth-order valence-electron chi connectivity index (χ4n) is 1.99. The number of nitrogens with two attached hydrogens (primary N) is 1. The molecule has 0 aliphatic heterocycles. The number of rotatable bonds is 5. The molecule has 0 heterocycles. The van der Waals surface area contributed by atoms with Crippen LogP contribution in [0.15, 0.2) is 18.2 Å². The molecule has 0 aromatic heterocycles. The number of carbonyl (C=O) groups excluding carboxylic acids is 1. The Bertz CT molecular complexity index is 595. The molecule has 0 radical (unpaired) electrons. The number of hydrogen-bond acceptors (Lipinski definition) is 3. The second-order valence-electron chi connectivity index (χ2n) is 5.06. The lowest BCUT2D eigenvalue weighted by atomic mass is 10.0. The molecule has 5 nitrogen and oxygen atoms in total. The Morgan fingerprint density at radius 3 is 2.38 bits per heavy atom. The molecule has 4 N–H and O–H groups in total. The minimum Gasteiger partial charge on any atom is -0.481 e. The summed E-state index contributed by atoms with van der Waals surface area (Å²) in [6.45, 7) is 0.0373. The topological polar surface area (TPSA) is 92.4 Å². The fourth-order valence-corrected chi connectivity index (χ4v) is 1.99. The van der Waals surface area contributed by atoms with E-state index < -0.39 is 34.6 Å². The van der Waals surface area contributed by atoms with Crippen LogP contribution in [0.25, 0.3) is 0 Å². The van der Waals surface area contributed by atoms with Crippen LogP contribution in [0.5, 0.6) is 0 Å². The summed E-state index contributed by atoms with van der Waals surface area (Å²) < 4.78 is 38.6. The number of nitrogens with one attached hydrogen (secondary N) is 1. The third-order valence-corrected chi connectivity index (χ3v) is 3.53. The highest BCUT2D eigenvalue weighted by atomic mass is 19.4. The maximum atomic E-state index is 12.9. The van der Waals surface area contributed by atoms with E-state index in [1.165, 1.54) is 6.07 Å². The van der Waals surface area contributed by atoms with Crippen molar-refractivity contribution in [1.29, 1.82) is 0 Å². The first-order chi connectivity index (χ1) is 9.66. The van der Waals surface area contributed by atoms with E-state index in [1.807, 2.05) is 0 Å². The van der Waals surface area contributed by atoms with Crippen molar-refractivity contribution in [1.82, 2.24) is 0 Å². The van der Waals surface area contributed by atoms with E-state index in [4.69, 9.17) is 10.8 Å². The second-order valence-corrected chi connectivity index (χ2v) is 5.06. The number of aliphatic carboxylic acids is 1. The largest absolute Gasteiger partial charge is 0.481 e. The van der Waals surface area contributed by atoms with E-state index in [9.17, 15) is 22.8 Å². The quantitative estimate of drug-likeness (QED) is 0.776. The highest BCUT2D eigenvalue weighted by Crippen LogP contribution is 2.46. The first-order valence-corrected chi connectivity index (χ1v) is 6.14. The number of halogens is 3. The van der Waals surface area contributed by atoms with Crippen LogP contribution in [0, 0.1) is 5.41 Å². The first-order valence-electron chi connectivity index (χ1n) is 6.14. The Balaban J connectivity index is 2.22. The molecule has 21 heavy (non-hydrogen) atoms. The number of carbonyl (C=O) groups is 2. The van der Waals surface area contributed by atoms with Crippen molar-refractivity contribution >= 4 is 17.6 Å². The van der Waals surface area contributed by atoms with Crippen LogP contribution in [0.4, 0.5) is 18.9 Å². The molecule has 1 saturated carbocycles. The number of anilines is 1. The average molecular weight is 302 g/mol. The molecular formula is C13H13F3N2O3. The Morgan fingerprint density at radius 1 is 1.33 bits per heavy atom. The smallest absolute Gasteiger partial charge is 0.417 e. The summed E-state index contributed by atoms with van der Waals surface area (Å²) in [5.74, 6) is -2.14. The SMILES string of the molecule is NC(=O)c1ccc(NCC2(C(=O)O)CC2)cc1C(F)(F)F. The van der Waals surface area contributed by atoms with E-state index in [-0.39, 0.29) is 12.2 Å². The summed E-state index contributed by atoms with van der Waals surface area (Å²) in [4.78, 5) is 22.0. The van der Waals surface area contributed by atoms with Gasteiger partial charge in [-0.05, 0) is 31.0 Å². The number of amides is 1. The zero-order chi connectivity index (χ0) is 15.8. The highest BCUT2D eigenvalue weighted by Gasteiger charge is 2.50. The lowest BCUT2D eigenvalue weighted by Gasteiger charge is -2.16. The van der Waals surface area contributed by atoms with Gasteiger partial charge in [-0.25, -0.2) is 0 Å². The summed E-state index contributed by atoms with van der Waals surface area (Å²) in [7, 11) is 0. The van der Waals surface area contributed by atoms with Crippen molar-refractivity contribution in [2.45, 2.75) is 19.0 Å². The molecule has 1 aromatic rings. The predicted octanol–water partition coefficient (Wildman–Crippen LogP) is 2.08. The first kappa shape index (κ1) is 15.1. The summed E-state index contributed by atoms with van der Waals surface area (Å²) in [5, 5.41) is 11.7. The van der Waals surface area contributed by atoms with Crippen molar-refractivity contribution in [3.05, 3.63) is 29.3 Å². The molecule has 0 atom stereocenters. The maximum absolute atomic E-state index is 12.9. The number of alkyl halides is 3. The molecule has 2 rings (SSSR count). The molecular weight excluding hydrogens is 289 g/mol. The van der Waals surface area contributed by atoms with Crippen molar-refractivity contribution in [2.24, 2.45) is 11.1 Å². The average Bonchev–Trinajstić information content (AvgIpc) is 3.16. The van der Waals surface area contributed by atoms with Crippen LogP contribution in [-0.4, -0.2) is 23.5 Å². The van der Waals surface area contributed by atoms with Gasteiger partial charge in [0.2, 0.25) is 5.91 Å². The normalized spacial score (nSPS) is 16.3. The summed E-state index contributed by atoms with van der Waals surface area (Å²) in [6.07, 6.45) is -3.74. The van der Waals surface area contributed by atoms with Gasteiger partial charge >= 0.3 is 12.1 Å². The molecule has 1 amide bonds. The molecule has 0 bridgehead atoms. The van der Waals surface area contributed by atoms with Crippen LogP contribution < -0.4 is 11.1 Å². The predicted molar refractivity (Wildman–Crippen MR) is 67.8 cm³/mol. The van der Waals surface area contributed by atoms with Crippen molar-refractivity contribution < 1.29 is 27.9 Å². The van der Waals surface area contributed by atoms with Crippen LogP contribution in [0.1, 0.15) is 28.8 Å². The van der Waals surface area contributed by atoms with E-state index >= 15 is 0 Å². The van der Waals surface area contributed by atoms with E-state index in [0.29, 0.717) is 12.8 Å². The minimum absolute atomic E-state index is 0.0373. The maximum Gasteiger partial charge on any atom is 0.417 e. The van der Waals surface area contributed by atoms with Crippen LogP contribution in [0.3, 0.4) is 0 Å². The van der Waals surface area contributed by atoms with E-state index in [1.54, 1.807) is 0 Å². The molecule has 8 heteroatoms. The van der Waals surface area contributed by atoms with Gasteiger partial charge in [0, 0.05) is 12.2 Å². The number of carboxylic acid groups (broad SMARTS) is 1. The zero-order valence-electron chi connectivity index (χ0n) is 10.8. The van der Waals surface area contributed by atoms with Gasteiger partial charge in [0.25, 0.3) is 0 Å². The zero-order valence-corrected chi connectivity index (χ0v) is 10.8. The van der Waals surface area contributed by atoms with Crippen molar-refractivity contribution in [2.75, 3.05) is 11.9 Å². The Morgan fingerprint density at radius 2 is 1.95 bits per heavy atom. The molecule has 1 aromatic carbocycles. The third kappa shape index (κ3) is 3.09. The summed E-state index contributed by atoms with van der Waals surface area (Å²) in [5.41, 5.74) is 2.36. The molecule has 0 spiro atoms. The van der Waals surface area contributed by atoms with Crippen LogP contribution >= 0.6 is 0 Å². The third-order valence-electron chi connectivity index (χ3n) is 3.53. The van der Waals surface area contributed by atoms with Gasteiger partial charge in [-0.3, -0.25) is 9.59 Å². The Hall–Kier alpha value is -2.25. The molecule has 0 unspecified atom stereocenters. The van der Waals surface area contributed by atoms with Crippen LogP contribution in [0.2, 0.25) is 0 Å². The van der Waals surface area contributed by atoms with Gasteiger partial charge in [0.05, 0.1) is 16.5 Å². The molecule has 0 saturated heterocycles. The van der Waals surface area contributed by atoms with E-state index in [2.05, 4.69) is 5.32 Å². The number of primary amides is 1. The standard InChI is InChI=1S/C13H13F3N2O3/c14-13(15,16)9-5-7(1-2-8(9)10(17)19)18-6-12(3-4-12)11(20)21/h1-2,5,18H,3-4,6H2,(H2,17,19)(H,20,21). The van der Waals surface area contributed by atoms with Crippen LogP contribution in [-0.2, 0) is 11.0 Å². The number of carboxylic acids is 1. The second kappa shape index (κ2) is 4.94. The van der Waals surface area contributed by atoms with Gasteiger partial charge in [-0.15, -0.1) is 0 Å². The van der Waals surface area contributed by atoms with Gasteiger partial charge < -0.3 is 16.2 Å². The summed E-state index contributed by atoms with van der Waals surface area (Å²) >= 11 is 0. The highest BCUT2D eigenvalue weighted by molar-refractivity contribution is 5.95. The fraction of sp³-hybridized carbons (Fsp3) is 0.385. The van der Waals surface area contributed by atoms with E-state index in [0.717, 1.165) is 12.1 Å².